The predicted octanol–water partition coefficient (Wildman–Crippen LogP) is 4.41. The molecule has 1 aromatic carbocycles. The number of carbonyl (C=O) groups excluding carboxylic acids is 2. The lowest BCUT2D eigenvalue weighted by Gasteiger charge is -2.31. The molecule has 1 saturated heterocycles. The first-order chi connectivity index (χ1) is 16.2. The third-order valence-corrected chi connectivity index (χ3v) is 5.87. The van der Waals surface area contributed by atoms with Gasteiger partial charge in [0.05, 0.1) is 19.3 Å². The van der Waals surface area contributed by atoms with Crippen LogP contribution in [0, 0.1) is 23.1 Å². The third-order valence-electron chi connectivity index (χ3n) is 5.87. The molecule has 3 rings (SSSR count). The standard InChI is InChI=1S/C25H31FN4O4/c1-15(2)23(27)22-21(34-14-17-9-11-30(12-10-17)16(3)31)13-20(25(32)33-4)29-24(22)28-19-7-5-18(26)6-8-19/h5-8,13,15,17,27H,9-12,14H2,1-4H3,(H,28,29). The van der Waals surface area contributed by atoms with Crippen LogP contribution in [0.2, 0.25) is 0 Å². The lowest BCUT2D eigenvalue weighted by atomic mass is 9.97. The Morgan fingerprint density at radius 1 is 1.24 bits per heavy atom. The Balaban J connectivity index is 1.94. The first kappa shape index (κ1) is 25.1. The van der Waals surface area contributed by atoms with Crippen LogP contribution in [0.25, 0.3) is 0 Å². The highest BCUT2D eigenvalue weighted by Gasteiger charge is 2.25. The summed E-state index contributed by atoms with van der Waals surface area (Å²) in [5.41, 5.74) is 1.31. The SMILES string of the molecule is COC(=O)c1cc(OCC2CCN(C(C)=O)CC2)c(C(=N)C(C)C)c(Nc2ccc(F)cc2)n1. The van der Waals surface area contributed by atoms with Gasteiger partial charge in [0.25, 0.3) is 0 Å². The number of halogens is 1. The van der Waals surface area contributed by atoms with Gasteiger partial charge in [0.15, 0.2) is 5.69 Å². The van der Waals surface area contributed by atoms with Crippen molar-refractivity contribution < 1.29 is 23.5 Å². The van der Waals surface area contributed by atoms with Gasteiger partial charge in [0.1, 0.15) is 17.4 Å². The quantitative estimate of drug-likeness (QED) is 0.437. The zero-order chi connectivity index (χ0) is 24.8. The molecule has 0 unspecified atom stereocenters. The van der Waals surface area contributed by atoms with Crippen molar-refractivity contribution in [3.05, 3.63) is 47.4 Å². The summed E-state index contributed by atoms with van der Waals surface area (Å²) in [5.74, 6) is -0.232. The molecule has 0 bridgehead atoms. The van der Waals surface area contributed by atoms with Gasteiger partial charge in [-0.05, 0) is 48.9 Å². The number of hydrogen-bond acceptors (Lipinski definition) is 7. The van der Waals surface area contributed by atoms with Gasteiger partial charge in [-0.15, -0.1) is 0 Å². The largest absolute Gasteiger partial charge is 0.492 e. The van der Waals surface area contributed by atoms with E-state index in [0.29, 0.717) is 36.7 Å². The van der Waals surface area contributed by atoms with E-state index in [0.717, 1.165) is 12.8 Å². The highest BCUT2D eigenvalue weighted by Crippen LogP contribution is 2.32. The molecule has 2 heterocycles. The maximum atomic E-state index is 13.4. The number of anilines is 2. The highest BCUT2D eigenvalue weighted by molar-refractivity contribution is 6.07. The van der Waals surface area contributed by atoms with Crippen LogP contribution in [0.3, 0.4) is 0 Å². The topological polar surface area (TPSA) is 105 Å². The number of nitrogens with zero attached hydrogens (tertiary/aromatic N) is 2. The number of esters is 1. The van der Waals surface area contributed by atoms with Crippen molar-refractivity contribution in [1.29, 1.82) is 5.41 Å². The van der Waals surface area contributed by atoms with E-state index in [9.17, 15) is 14.0 Å². The number of piperidine rings is 1. The molecule has 2 aromatic rings. The molecule has 182 valence electrons. The molecule has 34 heavy (non-hydrogen) atoms. The van der Waals surface area contributed by atoms with Crippen LogP contribution in [0.4, 0.5) is 15.9 Å². The monoisotopic (exact) mass is 470 g/mol. The molecule has 0 saturated carbocycles. The van der Waals surface area contributed by atoms with Crippen molar-refractivity contribution in [1.82, 2.24) is 9.88 Å². The lowest BCUT2D eigenvalue weighted by molar-refractivity contribution is -0.130. The Morgan fingerprint density at radius 2 is 1.88 bits per heavy atom. The van der Waals surface area contributed by atoms with E-state index in [1.165, 1.54) is 25.3 Å². The average Bonchev–Trinajstić information content (AvgIpc) is 2.83. The van der Waals surface area contributed by atoms with E-state index in [2.05, 4.69) is 10.3 Å². The maximum Gasteiger partial charge on any atom is 0.356 e. The van der Waals surface area contributed by atoms with Crippen molar-refractivity contribution in [2.45, 2.75) is 33.6 Å². The number of rotatable bonds is 8. The Labute approximate surface area is 199 Å². The van der Waals surface area contributed by atoms with E-state index in [1.54, 1.807) is 19.1 Å². The fourth-order valence-electron chi connectivity index (χ4n) is 3.78. The van der Waals surface area contributed by atoms with E-state index < -0.39 is 5.97 Å². The van der Waals surface area contributed by atoms with Gasteiger partial charge < -0.3 is 25.1 Å². The fraction of sp³-hybridized carbons (Fsp3) is 0.440. The van der Waals surface area contributed by atoms with Crippen molar-refractivity contribution in [2.24, 2.45) is 11.8 Å². The van der Waals surface area contributed by atoms with Crippen LogP contribution in [0.1, 0.15) is 49.7 Å². The number of aromatic nitrogens is 1. The number of carbonyl (C=O) groups is 2. The van der Waals surface area contributed by atoms with E-state index in [4.69, 9.17) is 14.9 Å². The van der Waals surface area contributed by atoms with Crippen LogP contribution in [-0.2, 0) is 9.53 Å². The molecule has 1 aliphatic rings. The number of methoxy groups -OCH3 is 1. The first-order valence-corrected chi connectivity index (χ1v) is 11.3. The number of nitrogens with one attached hydrogen (secondary N) is 2. The Kier molecular flexibility index (Phi) is 8.20. The molecule has 2 N–H and O–H groups in total. The second-order valence-corrected chi connectivity index (χ2v) is 8.68. The number of amides is 1. The average molecular weight is 471 g/mol. The molecule has 0 atom stereocenters. The van der Waals surface area contributed by atoms with Crippen molar-refractivity contribution in [2.75, 3.05) is 32.1 Å². The number of ether oxygens (including phenoxy) is 2. The highest BCUT2D eigenvalue weighted by atomic mass is 19.1. The van der Waals surface area contributed by atoms with Gasteiger partial charge in [-0.1, -0.05) is 13.8 Å². The minimum absolute atomic E-state index is 0.0359. The Bertz CT molecular complexity index is 1050. The lowest BCUT2D eigenvalue weighted by Crippen LogP contribution is -2.38. The Hall–Kier alpha value is -3.49. The molecule has 1 aromatic heterocycles. The summed E-state index contributed by atoms with van der Waals surface area (Å²) in [7, 11) is 1.27. The van der Waals surface area contributed by atoms with Crippen LogP contribution >= 0.6 is 0 Å². The summed E-state index contributed by atoms with van der Waals surface area (Å²) < 4.78 is 24.4. The molecular weight excluding hydrogens is 439 g/mol. The second-order valence-electron chi connectivity index (χ2n) is 8.68. The predicted molar refractivity (Wildman–Crippen MR) is 127 cm³/mol. The van der Waals surface area contributed by atoms with Crippen molar-refractivity contribution in [3.63, 3.8) is 0 Å². The van der Waals surface area contributed by atoms with Gasteiger partial charge in [-0.2, -0.15) is 0 Å². The number of hydrogen-bond donors (Lipinski definition) is 2. The minimum atomic E-state index is -0.635. The summed E-state index contributed by atoms with van der Waals surface area (Å²) in [6.45, 7) is 7.09. The van der Waals surface area contributed by atoms with Crippen LogP contribution in [0.15, 0.2) is 30.3 Å². The summed E-state index contributed by atoms with van der Waals surface area (Å²) in [6.07, 6.45) is 1.62. The minimum Gasteiger partial charge on any atom is -0.492 e. The van der Waals surface area contributed by atoms with Crippen LogP contribution in [0.5, 0.6) is 5.75 Å². The molecule has 1 fully saturated rings. The molecule has 1 amide bonds. The third kappa shape index (κ3) is 6.09. The van der Waals surface area contributed by atoms with Gasteiger partial charge >= 0.3 is 5.97 Å². The Morgan fingerprint density at radius 3 is 2.44 bits per heavy atom. The van der Waals surface area contributed by atoms with Crippen molar-refractivity contribution >= 4 is 29.1 Å². The molecule has 0 radical (unpaired) electrons. The molecule has 9 heteroatoms. The fourth-order valence-corrected chi connectivity index (χ4v) is 3.78. The number of benzene rings is 1. The smallest absolute Gasteiger partial charge is 0.356 e. The molecule has 0 spiro atoms. The van der Waals surface area contributed by atoms with Gasteiger partial charge in [-0.3, -0.25) is 4.79 Å². The van der Waals surface area contributed by atoms with E-state index in [-0.39, 0.29) is 40.8 Å². The number of pyridine rings is 1. The second kappa shape index (κ2) is 11.1. The van der Waals surface area contributed by atoms with Crippen LogP contribution in [-0.4, -0.2) is 54.3 Å². The van der Waals surface area contributed by atoms with Gasteiger partial charge in [0, 0.05) is 37.5 Å². The van der Waals surface area contributed by atoms with Gasteiger partial charge in [0.2, 0.25) is 5.91 Å². The molecule has 1 aliphatic heterocycles. The molecule has 0 aliphatic carbocycles. The molecular formula is C25H31FN4O4. The number of likely N-dealkylation sites (tertiary alicyclic amines) is 1. The molecule has 8 nitrogen and oxygen atoms in total. The summed E-state index contributed by atoms with van der Waals surface area (Å²) in [5, 5.41) is 11.8. The summed E-state index contributed by atoms with van der Waals surface area (Å²) in [6, 6.07) is 7.22. The van der Waals surface area contributed by atoms with E-state index in [1.807, 2.05) is 18.7 Å². The normalized spacial score (nSPS) is 14.1. The summed E-state index contributed by atoms with van der Waals surface area (Å²) >= 11 is 0. The van der Waals surface area contributed by atoms with Crippen molar-refractivity contribution in [3.8, 4) is 5.75 Å². The zero-order valence-corrected chi connectivity index (χ0v) is 20.0. The van der Waals surface area contributed by atoms with Gasteiger partial charge in [-0.25, -0.2) is 14.2 Å². The first-order valence-electron chi connectivity index (χ1n) is 11.3. The van der Waals surface area contributed by atoms with E-state index >= 15 is 0 Å². The maximum absolute atomic E-state index is 13.4. The summed E-state index contributed by atoms with van der Waals surface area (Å²) in [4.78, 5) is 30.2. The van der Waals surface area contributed by atoms with Crippen LogP contribution < -0.4 is 10.1 Å². The zero-order valence-electron chi connectivity index (χ0n) is 20.0.